The minimum absolute atomic E-state index is 0.782. The number of anilines is 1. The Balaban J connectivity index is 1.97. The predicted molar refractivity (Wildman–Crippen MR) is 47.3 cm³/mol. The molecule has 0 spiro atoms. The van der Waals surface area contributed by atoms with E-state index < -0.39 is 0 Å². The van der Waals surface area contributed by atoms with Gasteiger partial charge in [-0.25, -0.2) is 4.98 Å². The molecule has 0 atom stereocenters. The number of nitrogens with one attached hydrogen (secondary N) is 1. The van der Waals surface area contributed by atoms with Crippen molar-refractivity contribution in [2.24, 2.45) is 0 Å². The Morgan fingerprint density at radius 2 is 2.42 bits per heavy atom. The van der Waals surface area contributed by atoms with Gasteiger partial charge in [0.25, 0.3) is 0 Å². The van der Waals surface area contributed by atoms with Gasteiger partial charge in [0.15, 0.2) is 0 Å². The molecule has 3 rings (SSSR count). The van der Waals surface area contributed by atoms with Gasteiger partial charge in [-0.3, -0.25) is 0 Å². The summed E-state index contributed by atoms with van der Waals surface area (Å²) in [7, 11) is 0. The fourth-order valence-electron chi connectivity index (χ4n) is 1.77. The lowest BCUT2D eigenvalue weighted by molar-refractivity contribution is 0.627. The van der Waals surface area contributed by atoms with Gasteiger partial charge in [0.05, 0.1) is 5.69 Å². The molecule has 1 saturated carbocycles. The highest BCUT2D eigenvalue weighted by Gasteiger charge is 2.27. The molecule has 3 heteroatoms. The first-order valence-electron chi connectivity index (χ1n) is 4.74. The quantitative estimate of drug-likeness (QED) is 0.681. The van der Waals surface area contributed by atoms with E-state index >= 15 is 0 Å². The summed E-state index contributed by atoms with van der Waals surface area (Å²) in [4.78, 5) is 4.56. The van der Waals surface area contributed by atoms with Crippen molar-refractivity contribution in [2.75, 3.05) is 11.9 Å². The zero-order valence-corrected chi connectivity index (χ0v) is 7.08. The van der Waals surface area contributed by atoms with Crippen LogP contribution in [0.2, 0.25) is 0 Å². The topological polar surface area (TPSA) is 29.9 Å². The van der Waals surface area contributed by atoms with Crippen LogP contribution in [0.25, 0.3) is 0 Å². The molecular weight excluding hydrogens is 150 g/mol. The highest BCUT2D eigenvalue weighted by atomic mass is 15.2. The van der Waals surface area contributed by atoms with Crippen molar-refractivity contribution >= 4 is 5.95 Å². The zero-order valence-electron chi connectivity index (χ0n) is 7.08. The largest absolute Gasteiger partial charge is 0.356 e. The fourth-order valence-corrected chi connectivity index (χ4v) is 1.77. The van der Waals surface area contributed by atoms with Crippen molar-refractivity contribution < 1.29 is 0 Å². The Hall–Kier alpha value is -0.990. The van der Waals surface area contributed by atoms with Crippen molar-refractivity contribution in [3.63, 3.8) is 0 Å². The van der Waals surface area contributed by atoms with E-state index in [-0.39, 0.29) is 0 Å². The summed E-state index contributed by atoms with van der Waals surface area (Å²) >= 11 is 0. The molecule has 0 aromatic carbocycles. The van der Waals surface area contributed by atoms with Gasteiger partial charge in [-0.05, 0) is 19.3 Å². The van der Waals surface area contributed by atoms with Gasteiger partial charge in [-0.1, -0.05) is 0 Å². The number of hydrogen-bond acceptors (Lipinski definition) is 2. The average molecular weight is 163 g/mol. The van der Waals surface area contributed by atoms with Crippen LogP contribution in [0.4, 0.5) is 5.95 Å². The van der Waals surface area contributed by atoms with E-state index in [0.717, 1.165) is 25.0 Å². The van der Waals surface area contributed by atoms with E-state index in [9.17, 15) is 0 Å². The minimum Gasteiger partial charge on any atom is -0.356 e. The Labute approximate surface area is 71.8 Å². The summed E-state index contributed by atoms with van der Waals surface area (Å²) in [5, 5.41) is 3.32. The highest BCUT2D eigenvalue weighted by molar-refractivity contribution is 5.32. The molecule has 2 aliphatic rings. The van der Waals surface area contributed by atoms with Gasteiger partial charge >= 0.3 is 0 Å². The highest BCUT2D eigenvalue weighted by Crippen LogP contribution is 2.40. The number of nitrogens with zero attached hydrogens (tertiary/aromatic N) is 2. The van der Waals surface area contributed by atoms with E-state index in [0.29, 0.717) is 0 Å². The predicted octanol–water partition coefficient (Wildman–Crippen LogP) is 1.58. The van der Waals surface area contributed by atoms with Crippen LogP contribution in [0, 0.1) is 0 Å². The maximum atomic E-state index is 4.56. The number of imidazole rings is 1. The Bertz CT molecular complexity index is 275. The summed E-state index contributed by atoms with van der Waals surface area (Å²) in [6.45, 7) is 2.23. The van der Waals surface area contributed by atoms with Crippen LogP contribution in [0.15, 0.2) is 6.20 Å². The van der Waals surface area contributed by atoms with Crippen LogP contribution in [-0.2, 0) is 6.54 Å². The summed E-state index contributed by atoms with van der Waals surface area (Å²) in [6, 6.07) is 0. The third-order valence-corrected chi connectivity index (χ3v) is 2.65. The van der Waals surface area contributed by atoms with Crippen LogP contribution >= 0.6 is 0 Å². The van der Waals surface area contributed by atoms with Gasteiger partial charge in [0, 0.05) is 25.2 Å². The van der Waals surface area contributed by atoms with Crippen molar-refractivity contribution in [3.8, 4) is 0 Å². The molecule has 1 fully saturated rings. The molecule has 64 valence electrons. The first-order valence-corrected chi connectivity index (χ1v) is 4.74. The number of hydrogen-bond donors (Lipinski definition) is 1. The van der Waals surface area contributed by atoms with Gasteiger partial charge in [-0.15, -0.1) is 0 Å². The van der Waals surface area contributed by atoms with E-state index in [1.807, 2.05) is 0 Å². The molecule has 0 bridgehead atoms. The monoisotopic (exact) mass is 163 g/mol. The maximum absolute atomic E-state index is 4.56. The van der Waals surface area contributed by atoms with Crippen LogP contribution < -0.4 is 5.32 Å². The number of fused-ring (bicyclic) bond motifs is 1. The van der Waals surface area contributed by atoms with Crippen LogP contribution in [0.5, 0.6) is 0 Å². The minimum atomic E-state index is 0.782. The first kappa shape index (κ1) is 6.52. The molecule has 0 radical (unpaired) electrons. The van der Waals surface area contributed by atoms with Gasteiger partial charge < -0.3 is 9.88 Å². The molecule has 0 saturated heterocycles. The standard InChI is InChI=1S/C9H13N3/c1-4-10-9-11-8(7-2-3-7)6-12(9)5-1/h6-7H,1-5H2,(H,10,11). The van der Waals surface area contributed by atoms with E-state index in [1.54, 1.807) is 0 Å². The van der Waals surface area contributed by atoms with Gasteiger partial charge in [0.1, 0.15) is 0 Å². The lowest BCUT2D eigenvalue weighted by Gasteiger charge is -2.14. The molecule has 12 heavy (non-hydrogen) atoms. The molecule has 1 aliphatic heterocycles. The molecule has 2 heterocycles. The molecule has 3 nitrogen and oxygen atoms in total. The SMILES string of the molecule is c1c(C2CC2)nc2n1CCCN2. The molecule has 1 aromatic heterocycles. The Kier molecular flexibility index (Phi) is 1.22. The summed E-state index contributed by atoms with van der Waals surface area (Å²) in [5.41, 5.74) is 1.31. The van der Waals surface area contributed by atoms with Crippen LogP contribution in [0.1, 0.15) is 30.9 Å². The molecule has 1 aromatic rings. The first-order chi connectivity index (χ1) is 5.93. The molecular formula is C9H13N3. The smallest absolute Gasteiger partial charge is 0.203 e. The maximum Gasteiger partial charge on any atom is 0.203 e. The van der Waals surface area contributed by atoms with Crippen LogP contribution in [0.3, 0.4) is 0 Å². The number of aromatic nitrogens is 2. The normalized spacial score (nSPS) is 21.7. The summed E-state index contributed by atoms with van der Waals surface area (Å²) in [5.74, 6) is 1.87. The second-order valence-electron chi connectivity index (χ2n) is 3.74. The Morgan fingerprint density at radius 3 is 3.17 bits per heavy atom. The average Bonchev–Trinajstić information content (AvgIpc) is 2.85. The second-order valence-corrected chi connectivity index (χ2v) is 3.74. The molecule has 1 N–H and O–H groups in total. The van der Waals surface area contributed by atoms with Crippen molar-refractivity contribution in [1.29, 1.82) is 0 Å². The third kappa shape index (κ3) is 0.924. The van der Waals surface area contributed by atoms with Crippen molar-refractivity contribution in [3.05, 3.63) is 11.9 Å². The van der Waals surface area contributed by atoms with Gasteiger partial charge in [0.2, 0.25) is 5.95 Å². The number of rotatable bonds is 1. The summed E-state index contributed by atoms with van der Waals surface area (Å²) < 4.78 is 2.25. The van der Waals surface area contributed by atoms with Crippen molar-refractivity contribution in [1.82, 2.24) is 9.55 Å². The second kappa shape index (κ2) is 2.25. The lowest BCUT2D eigenvalue weighted by atomic mass is 10.3. The lowest BCUT2D eigenvalue weighted by Crippen LogP contribution is -2.16. The summed E-state index contributed by atoms with van der Waals surface area (Å²) in [6.07, 6.45) is 6.14. The van der Waals surface area contributed by atoms with Crippen LogP contribution in [-0.4, -0.2) is 16.1 Å². The Morgan fingerprint density at radius 1 is 1.50 bits per heavy atom. The third-order valence-electron chi connectivity index (χ3n) is 2.65. The molecule has 0 amide bonds. The van der Waals surface area contributed by atoms with Crippen molar-refractivity contribution in [2.45, 2.75) is 31.7 Å². The van der Waals surface area contributed by atoms with E-state index in [1.165, 1.54) is 25.0 Å². The van der Waals surface area contributed by atoms with E-state index in [2.05, 4.69) is 21.1 Å². The fraction of sp³-hybridized carbons (Fsp3) is 0.667. The van der Waals surface area contributed by atoms with E-state index in [4.69, 9.17) is 0 Å². The molecule has 0 unspecified atom stereocenters. The number of aryl methyl sites for hydroxylation is 1. The zero-order chi connectivity index (χ0) is 7.97. The van der Waals surface area contributed by atoms with Gasteiger partial charge in [-0.2, -0.15) is 0 Å². The molecule has 1 aliphatic carbocycles.